The summed E-state index contributed by atoms with van der Waals surface area (Å²) in [5.74, 6) is 0. The fraction of sp³-hybridized carbons (Fsp3) is 0.667. The van der Waals surface area contributed by atoms with Gasteiger partial charge in [-0.05, 0) is 12.8 Å². The molecule has 0 amide bonds. The molecule has 7 heteroatoms. The standard InChI is InChI=1S/C15H25NO4S.H2O/c17-21(18,19)20-15-11-6-4-2-1-3-5-8-12-16-13-9-7-10-14-16;/h7,9-10,13-14H,1-6,8,11-12,15H2;1H2. The van der Waals surface area contributed by atoms with Crippen molar-refractivity contribution in [2.24, 2.45) is 0 Å². The van der Waals surface area contributed by atoms with E-state index >= 15 is 0 Å². The van der Waals surface area contributed by atoms with Crippen molar-refractivity contribution in [3.8, 4) is 0 Å². The van der Waals surface area contributed by atoms with E-state index in [1.165, 1.54) is 32.1 Å². The van der Waals surface area contributed by atoms with Crippen LogP contribution in [0.3, 0.4) is 0 Å². The quantitative estimate of drug-likeness (QED) is 0.360. The Balaban J connectivity index is 0.00000441. The molecule has 1 heterocycles. The van der Waals surface area contributed by atoms with Crippen LogP contribution in [0, 0.1) is 0 Å². The molecular weight excluding hydrogens is 306 g/mol. The van der Waals surface area contributed by atoms with Crippen LogP contribution in [0.4, 0.5) is 0 Å². The monoisotopic (exact) mass is 333 g/mol. The fourth-order valence-corrected chi connectivity index (χ4v) is 2.53. The van der Waals surface area contributed by atoms with Gasteiger partial charge in [-0.3, -0.25) is 4.55 Å². The number of rotatable bonds is 12. The largest absolute Gasteiger partial charge is 0.870 e. The molecule has 128 valence electrons. The van der Waals surface area contributed by atoms with Gasteiger partial charge >= 0.3 is 10.4 Å². The van der Waals surface area contributed by atoms with Gasteiger partial charge in [-0.25, -0.2) is 8.75 Å². The Bertz CT molecular complexity index is 464. The van der Waals surface area contributed by atoms with Gasteiger partial charge in [0, 0.05) is 18.6 Å². The number of unbranched alkanes of at least 4 members (excludes halogenated alkanes) is 7. The summed E-state index contributed by atoms with van der Waals surface area (Å²) in [7, 11) is -4.26. The van der Waals surface area contributed by atoms with Gasteiger partial charge in [0.15, 0.2) is 12.4 Å². The minimum absolute atomic E-state index is 0. The van der Waals surface area contributed by atoms with Crippen LogP contribution in [0.1, 0.15) is 51.4 Å². The van der Waals surface area contributed by atoms with Crippen molar-refractivity contribution in [2.75, 3.05) is 6.61 Å². The number of hydrogen-bond donors (Lipinski definition) is 1. The lowest BCUT2D eigenvalue weighted by atomic mass is 10.1. The second-order valence-electron chi connectivity index (χ2n) is 5.19. The van der Waals surface area contributed by atoms with Crippen LogP contribution >= 0.6 is 0 Å². The van der Waals surface area contributed by atoms with Gasteiger partial charge in [0.05, 0.1) is 6.61 Å². The predicted molar refractivity (Wildman–Crippen MR) is 83.0 cm³/mol. The van der Waals surface area contributed by atoms with Gasteiger partial charge in [0.1, 0.15) is 6.54 Å². The summed E-state index contributed by atoms with van der Waals surface area (Å²) < 4.78 is 35.4. The summed E-state index contributed by atoms with van der Waals surface area (Å²) in [6.45, 7) is 1.15. The number of aryl methyl sites for hydroxylation is 1. The van der Waals surface area contributed by atoms with Gasteiger partial charge in [-0.1, -0.05) is 38.2 Å². The van der Waals surface area contributed by atoms with Gasteiger partial charge in [-0.2, -0.15) is 8.42 Å². The summed E-state index contributed by atoms with van der Waals surface area (Å²) >= 11 is 0. The van der Waals surface area contributed by atoms with Crippen LogP contribution in [-0.2, 0) is 21.1 Å². The molecule has 0 atom stereocenters. The number of pyridine rings is 1. The highest BCUT2D eigenvalue weighted by Crippen LogP contribution is 2.09. The topological polar surface area (TPSA) is 97.5 Å². The smallest absolute Gasteiger partial charge is 0.397 e. The zero-order valence-corrected chi connectivity index (χ0v) is 13.7. The predicted octanol–water partition coefficient (Wildman–Crippen LogP) is 2.74. The van der Waals surface area contributed by atoms with Crippen molar-refractivity contribution in [2.45, 2.75) is 57.9 Å². The lowest BCUT2D eigenvalue weighted by molar-refractivity contribution is -0.697. The molecule has 2 N–H and O–H groups in total. The van der Waals surface area contributed by atoms with E-state index in [1.54, 1.807) is 0 Å². The molecule has 1 rings (SSSR count). The number of nitrogens with zero attached hydrogens (tertiary/aromatic N) is 1. The Hall–Kier alpha value is -1.02. The molecule has 0 saturated carbocycles. The first kappa shape index (κ1) is 21.0. The third-order valence-electron chi connectivity index (χ3n) is 3.32. The van der Waals surface area contributed by atoms with Crippen LogP contribution in [-0.4, -0.2) is 25.1 Å². The molecule has 0 unspecified atom stereocenters. The third kappa shape index (κ3) is 12.7. The Morgan fingerprint density at radius 3 is 1.86 bits per heavy atom. The molecule has 0 aromatic carbocycles. The van der Waals surface area contributed by atoms with E-state index in [-0.39, 0.29) is 12.1 Å². The van der Waals surface area contributed by atoms with E-state index < -0.39 is 10.4 Å². The lowest BCUT2D eigenvalue weighted by Crippen LogP contribution is -2.32. The van der Waals surface area contributed by atoms with Crippen LogP contribution in [0.5, 0.6) is 0 Å². The minimum atomic E-state index is -4.26. The third-order valence-corrected chi connectivity index (χ3v) is 3.78. The van der Waals surface area contributed by atoms with Crippen molar-refractivity contribution < 1.29 is 27.2 Å². The maximum atomic E-state index is 10.3. The molecule has 1 aromatic rings. The Morgan fingerprint density at radius 2 is 1.32 bits per heavy atom. The molecule has 0 aliphatic heterocycles. The zero-order chi connectivity index (χ0) is 15.4. The maximum Gasteiger partial charge on any atom is 0.397 e. The molecule has 0 radical (unpaired) electrons. The highest BCUT2D eigenvalue weighted by atomic mass is 32.3. The van der Waals surface area contributed by atoms with Crippen LogP contribution in [0.25, 0.3) is 0 Å². The second-order valence-corrected chi connectivity index (χ2v) is 6.28. The average Bonchev–Trinajstić information content (AvgIpc) is 2.44. The van der Waals surface area contributed by atoms with Crippen molar-refractivity contribution in [1.29, 1.82) is 0 Å². The molecule has 0 saturated heterocycles. The highest BCUT2D eigenvalue weighted by molar-refractivity contribution is 7.80. The lowest BCUT2D eigenvalue weighted by Gasteiger charge is -2.02. The number of aromatic nitrogens is 1. The van der Waals surface area contributed by atoms with Crippen molar-refractivity contribution in [1.82, 2.24) is 0 Å². The SMILES string of the molecule is O=S(=O)(O)OCCCCCCCCCC[n+]1ccccc1.[OH-]. The van der Waals surface area contributed by atoms with E-state index in [1.807, 2.05) is 18.2 Å². The van der Waals surface area contributed by atoms with Crippen LogP contribution in [0.2, 0.25) is 0 Å². The molecule has 0 aliphatic carbocycles. The van der Waals surface area contributed by atoms with E-state index in [4.69, 9.17) is 4.55 Å². The number of hydrogen-bond acceptors (Lipinski definition) is 4. The molecule has 1 aromatic heterocycles. The van der Waals surface area contributed by atoms with Gasteiger partial charge in [0.25, 0.3) is 0 Å². The summed E-state index contributed by atoms with van der Waals surface area (Å²) in [6.07, 6.45) is 13.0. The van der Waals surface area contributed by atoms with Crippen LogP contribution in [0.15, 0.2) is 30.6 Å². The first-order chi connectivity index (χ1) is 10.1. The molecule has 22 heavy (non-hydrogen) atoms. The normalized spacial score (nSPS) is 11.1. The van der Waals surface area contributed by atoms with Gasteiger partial charge in [-0.15, -0.1) is 0 Å². The second kappa shape index (κ2) is 12.5. The van der Waals surface area contributed by atoms with Crippen molar-refractivity contribution in [3.63, 3.8) is 0 Å². The van der Waals surface area contributed by atoms with E-state index in [0.29, 0.717) is 6.42 Å². The van der Waals surface area contributed by atoms with Gasteiger partial charge in [0.2, 0.25) is 0 Å². The summed E-state index contributed by atoms with van der Waals surface area (Å²) in [5, 5.41) is 0. The highest BCUT2D eigenvalue weighted by Gasteiger charge is 2.02. The first-order valence-corrected chi connectivity index (χ1v) is 9.00. The average molecular weight is 333 g/mol. The summed E-state index contributed by atoms with van der Waals surface area (Å²) in [5.41, 5.74) is 0. The Labute approximate surface area is 133 Å². The molecular formula is C15H27NO5S. The summed E-state index contributed by atoms with van der Waals surface area (Å²) in [6, 6.07) is 6.12. The zero-order valence-electron chi connectivity index (χ0n) is 12.9. The summed E-state index contributed by atoms with van der Waals surface area (Å²) in [4.78, 5) is 0. The van der Waals surface area contributed by atoms with Crippen molar-refractivity contribution >= 4 is 10.4 Å². The van der Waals surface area contributed by atoms with Crippen LogP contribution < -0.4 is 4.57 Å². The minimum Gasteiger partial charge on any atom is -0.870 e. The maximum absolute atomic E-state index is 10.3. The van der Waals surface area contributed by atoms with Gasteiger partial charge < -0.3 is 5.48 Å². The molecule has 0 aliphatic rings. The van der Waals surface area contributed by atoms with E-state index in [0.717, 1.165) is 19.4 Å². The molecule has 6 nitrogen and oxygen atoms in total. The Kier molecular flexibility index (Phi) is 11.9. The first-order valence-electron chi connectivity index (χ1n) is 7.64. The van der Waals surface area contributed by atoms with E-state index in [2.05, 4.69) is 21.1 Å². The molecule has 0 fully saturated rings. The van der Waals surface area contributed by atoms with E-state index in [9.17, 15) is 8.42 Å². The Morgan fingerprint density at radius 1 is 0.818 bits per heavy atom. The fourth-order valence-electron chi connectivity index (χ4n) is 2.20. The molecule has 0 spiro atoms. The van der Waals surface area contributed by atoms with Crippen molar-refractivity contribution in [3.05, 3.63) is 30.6 Å². The molecule has 0 bridgehead atoms.